The molecule has 132 valence electrons. The van der Waals surface area contributed by atoms with Gasteiger partial charge in [-0.2, -0.15) is 5.10 Å². The van der Waals surface area contributed by atoms with Gasteiger partial charge in [0.1, 0.15) is 12.2 Å². The predicted molar refractivity (Wildman–Crippen MR) is 93.3 cm³/mol. The lowest BCUT2D eigenvalue weighted by molar-refractivity contribution is -0.00106. The lowest BCUT2D eigenvalue weighted by Crippen LogP contribution is -2.52. The maximum atomic E-state index is 12.1. The first-order valence-electron chi connectivity index (χ1n) is 8.39. The van der Waals surface area contributed by atoms with E-state index in [1.54, 1.807) is 4.90 Å². The zero-order chi connectivity index (χ0) is 17.8. The van der Waals surface area contributed by atoms with Crippen molar-refractivity contribution < 1.29 is 14.3 Å². The van der Waals surface area contributed by atoms with Crippen molar-refractivity contribution in [2.75, 3.05) is 18.8 Å². The van der Waals surface area contributed by atoms with Gasteiger partial charge in [-0.3, -0.25) is 4.68 Å². The number of amides is 1. The van der Waals surface area contributed by atoms with Crippen LogP contribution in [0.5, 0.6) is 5.75 Å². The van der Waals surface area contributed by atoms with Gasteiger partial charge in [-0.05, 0) is 26.8 Å². The number of nitrogens with zero attached hydrogens (tertiary/aromatic N) is 3. The Labute approximate surface area is 146 Å². The van der Waals surface area contributed by atoms with Crippen molar-refractivity contribution >= 4 is 11.8 Å². The van der Waals surface area contributed by atoms with Crippen LogP contribution in [0, 0.1) is 0 Å². The highest BCUT2D eigenvalue weighted by atomic mass is 16.6. The molecule has 0 saturated carbocycles. The summed E-state index contributed by atoms with van der Waals surface area (Å²) in [7, 11) is 0. The standard InChI is InChI=1S/C18H22N4O3/c1-18(2,3)25-17(23)21-8-11(9-21)22-15-10-24-16-12(13(15)7-20-22)5-4-6-14(16)19/h4-7,11H,8-10,19H2,1-3H3. The zero-order valence-electron chi connectivity index (χ0n) is 14.7. The van der Waals surface area contributed by atoms with E-state index >= 15 is 0 Å². The third-order valence-corrected chi connectivity index (χ3v) is 4.45. The summed E-state index contributed by atoms with van der Waals surface area (Å²) in [6, 6.07) is 5.88. The quantitative estimate of drug-likeness (QED) is 0.806. The minimum Gasteiger partial charge on any atom is -0.484 e. The van der Waals surface area contributed by atoms with Crippen LogP contribution in [-0.2, 0) is 11.3 Å². The van der Waals surface area contributed by atoms with Crippen LogP contribution in [-0.4, -0.2) is 39.5 Å². The van der Waals surface area contributed by atoms with Crippen LogP contribution < -0.4 is 10.5 Å². The first kappa shape index (κ1) is 15.8. The Morgan fingerprint density at radius 2 is 2.08 bits per heavy atom. The molecule has 0 aliphatic carbocycles. The molecule has 2 N–H and O–H groups in total. The minimum absolute atomic E-state index is 0.141. The predicted octanol–water partition coefficient (Wildman–Crippen LogP) is 2.82. The van der Waals surface area contributed by atoms with E-state index in [0.717, 1.165) is 22.6 Å². The Morgan fingerprint density at radius 1 is 1.32 bits per heavy atom. The normalized spacial score (nSPS) is 16.5. The molecule has 1 aromatic heterocycles. The topological polar surface area (TPSA) is 82.6 Å². The van der Waals surface area contributed by atoms with Crippen LogP contribution in [0.3, 0.4) is 0 Å². The second-order valence-electron chi connectivity index (χ2n) is 7.50. The SMILES string of the molecule is CC(C)(C)OC(=O)N1CC(n2ncc3c2COc2c(N)cccc2-3)C1. The summed E-state index contributed by atoms with van der Waals surface area (Å²) >= 11 is 0. The number of nitrogens with two attached hydrogens (primary N) is 1. The number of ether oxygens (including phenoxy) is 2. The van der Waals surface area contributed by atoms with Crippen LogP contribution in [0.2, 0.25) is 0 Å². The molecule has 1 aromatic carbocycles. The van der Waals surface area contributed by atoms with Crippen LogP contribution in [0.1, 0.15) is 32.5 Å². The Kier molecular flexibility index (Phi) is 3.42. The molecule has 7 nitrogen and oxygen atoms in total. The molecule has 7 heteroatoms. The Bertz CT molecular complexity index is 831. The summed E-state index contributed by atoms with van der Waals surface area (Å²) in [6.07, 6.45) is 1.57. The lowest BCUT2D eigenvalue weighted by atomic mass is 10.0. The van der Waals surface area contributed by atoms with Crippen LogP contribution in [0.25, 0.3) is 11.1 Å². The average Bonchev–Trinajstić information content (AvgIpc) is 2.88. The molecular weight excluding hydrogens is 320 g/mol. The lowest BCUT2D eigenvalue weighted by Gasteiger charge is -2.40. The number of hydrogen-bond donors (Lipinski definition) is 1. The maximum Gasteiger partial charge on any atom is 0.410 e. The molecule has 4 rings (SSSR count). The van der Waals surface area contributed by atoms with Gasteiger partial charge in [-0.1, -0.05) is 12.1 Å². The maximum absolute atomic E-state index is 12.1. The van der Waals surface area contributed by atoms with Crippen molar-refractivity contribution in [2.45, 2.75) is 39.0 Å². The van der Waals surface area contributed by atoms with E-state index in [9.17, 15) is 4.79 Å². The fourth-order valence-electron chi connectivity index (χ4n) is 3.23. The number of anilines is 1. The molecule has 0 spiro atoms. The molecule has 1 amide bonds. The summed E-state index contributed by atoms with van der Waals surface area (Å²) < 4.78 is 13.2. The Morgan fingerprint density at radius 3 is 2.80 bits per heavy atom. The van der Waals surface area contributed by atoms with Crippen molar-refractivity contribution in [3.63, 3.8) is 0 Å². The largest absolute Gasteiger partial charge is 0.484 e. The molecule has 0 atom stereocenters. The van der Waals surface area contributed by atoms with Gasteiger partial charge in [0.25, 0.3) is 0 Å². The summed E-state index contributed by atoms with van der Waals surface area (Å²) in [5, 5.41) is 4.53. The number of benzene rings is 1. The van der Waals surface area contributed by atoms with Crippen molar-refractivity contribution in [1.29, 1.82) is 0 Å². The van der Waals surface area contributed by atoms with Crippen LogP contribution in [0.4, 0.5) is 10.5 Å². The van der Waals surface area contributed by atoms with Gasteiger partial charge in [-0.15, -0.1) is 0 Å². The van der Waals surface area contributed by atoms with Gasteiger partial charge in [0.2, 0.25) is 0 Å². The number of para-hydroxylation sites is 1. The molecular formula is C18H22N4O3. The number of rotatable bonds is 1. The van der Waals surface area contributed by atoms with E-state index in [1.165, 1.54) is 0 Å². The monoisotopic (exact) mass is 342 g/mol. The molecule has 2 aromatic rings. The number of likely N-dealkylation sites (tertiary alicyclic amines) is 1. The minimum atomic E-state index is -0.482. The molecule has 0 bridgehead atoms. The number of carbonyl (C=O) groups is 1. The smallest absolute Gasteiger partial charge is 0.410 e. The summed E-state index contributed by atoms with van der Waals surface area (Å²) in [5.74, 6) is 0.721. The second-order valence-corrected chi connectivity index (χ2v) is 7.50. The first-order valence-corrected chi connectivity index (χ1v) is 8.39. The van der Waals surface area contributed by atoms with E-state index in [2.05, 4.69) is 5.10 Å². The van der Waals surface area contributed by atoms with Gasteiger partial charge < -0.3 is 20.1 Å². The molecule has 0 unspecified atom stereocenters. The molecule has 2 aliphatic rings. The van der Waals surface area contributed by atoms with Crippen LogP contribution >= 0.6 is 0 Å². The molecule has 3 heterocycles. The Hall–Kier alpha value is -2.70. The van der Waals surface area contributed by atoms with Crippen molar-refractivity contribution in [3.05, 3.63) is 30.1 Å². The fourth-order valence-corrected chi connectivity index (χ4v) is 3.23. The molecule has 25 heavy (non-hydrogen) atoms. The van der Waals surface area contributed by atoms with E-state index in [0.29, 0.717) is 25.4 Å². The number of hydrogen-bond acceptors (Lipinski definition) is 5. The molecule has 2 aliphatic heterocycles. The van der Waals surface area contributed by atoms with Gasteiger partial charge in [0.15, 0.2) is 5.75 Å². The number of carbonyl (C=O) groups excluding carboxylic acids is 1. The van der Waals surface area contributed by atoms with Crippen molar-refractivity contribution in [2.24, 2.45) is 0 Å². The third kappa shape index (κ3) is 2.69. The van der Waals surface area contributed by atoms with Gasteiger partial charge in [0, 0.05) is 24.2 Å². The van der Waals surface area contributed by atoms with E-state index in [1.807, 2.05) is 49.8 Å². The number of fused-ring (bicyclic) bond motifs is 3. The van der Waals surface area contributed by atoms with Gasteiger partial charge in [0.05, 0.1) is 23.6 Å². The highest BCUT2D eigenvalue weighted by Crippen LogP contribution is 2.42. The fraction of sp³-hybridized carbons (Fsp3) is 0.444. The third-order valence-electron chi connectivity index (χ3n) is 4.45. The molecule has 0 radical (unpaired) electrons. The summed E-state index contributed by atoms with van der Waals surface area (Å²) in [5.41, 5.74) is 9.18. The summed E-state index contributed by atoms with van der Waals surface area (Å²) in [4.78, 5) is 13.8. The number of aromatic nitrogens is 2. The Balaban J connectivity index is 1.52. The zero-order valence-corrected chi connectivity index (χ0v) is 14.7. The van der Waals surface area contributed by atoms with Crippen molar-refractivity contribution in [1.82, 2.24) is 14.7 Å². The highest BCUT2D eigenvalue weighted by Gasteiger charge is 2.37. The first-order chi connectivity index (χ1) is 11.8. The second kappa shape index (κ2) is 5.40. The highest BCUT2D eigenvalue weighted by molar-refractivity contribution is 5.79. The van der Waals surface area contributed by atoms with E-state index in [4.69, 9.17) is 15.2 Å². The van der Waals surface area contributed by atoms with Crippen molar-refractivity contribution in [3.8, 4) is 16.9 Å². The van der Waals surface area contributed by atoms with Gasteiger partial charge >= 0.3 is 6.09 Å². The van der Waals surface area contributed by atoms with E-state index in [-0.39, 0.29) is 12.1 Å². The summed E-state index contributed by atoms with van der Waals surface area (Å²) in [6.45, 7) is 7.21. The van der Waals surface area contributed by atoms with E-state index < -0.39 is 5.60 Å². The van der Waals surface area contributed by atoms with Gasteiger partial charge in [-0.25, -0.2) is 4.79 Å². The molecule has 1 saturated heterocycles. The van der Waals surface area contributed by atoms with Crippen LogP contribution in [0.15, 0.2) is 24.4 Å². The number of nitrogen functional groups attached to an aromatic ring is 1. The molecule has 1 fully saturated rings. The average molecular weight is 342 g/mol.